The first-order valence-electron chi connectivity index (χ1n) is 6.27. The second-order valence-corrected chi connectivity index (χ2v) is 4.34. The monoisotopic (exact) mass is 266 g/mol. The van der Waals surface area contributed by atoms with Crippen LogP contribution in [0.15, 0.2) is 30.3 Å². The summed E-state index contributed by atoms with van der Waals surface area (Å²) in [4.78, 5) is 21.1. The van der Waals surface area contributed by atoms with E-state index in [1.165, 1.54) is 0 Å². The standard InChI is InChI=1S/C11H14O2.C4H8O2/c1-3-10(12)11(13-2)9-7-5-4-6-8-9;1-3(2)4(5)6/h4-8,11H,3H2,1-2H3;3H,1-2H3,(H,5,6). The van der Waals surface area contributed by atoms with Crippen LogP contribution in [0, 0.1) is 5.92 Å². The topological polar surface area (TPSA) is 63.6 Å². The Bertz CT molecular complexity index is 384. The molecule has 0 fully saturated rings. The summed E-state index contributed by atoms with van der Waals surface area (Å²) in [5, 5.41) is 7.99. The number of ketones is 1. The molecule has 19 heavy (non-hydrogen) atoms. The second-order valence-electron chi connectivity index (χ2n) is 4.34. The Morgan fingerprint density at radius 1 is 1.21 bits per heavy atom. The van der Waals surface area contributed by atoms with Crippen LogP contribution in [-0.2, 0) is 14.3 Å². The van der Waals surface area contributed by atoms with E-state index in [9.17, 15) is 9.59 Å². The van der Waals surface area contributed by atoms with Gasteiger partial charge in [-0.1, -0.05) is 51.1 Å². The SMILES string of the molecule is CC(C)C(=O)O.CCC(=O)C(OC)c1ccccc1. The summed E-state index contributed by atoms with van der Waals surface area (Å²) < 4.78 is 5.14. The van der Waals surface area contributed by atoms with Crippen molar-refractivity contribution in [2.75, 3.05) is 7.11 Å². The van der Waals surface area contributed by atoms with Crippen LogP contribution in [0.2, 0.25) is 0 Å². The highest BCUT2D eigenvalue weighted by molar-refractivity contribution is 5.84. The van der Waals surface area contributed by atoms with Gasteiger partial charge in [-0.05, 0) is 5.56 Å². The number of carboxylic acids is 1. The molecule has 0 radical (unpaired) electrons. The summed E-state index contributed by atoms with van der Waals surface area (Å²) in [5.41, 5.74) is 0.928. The largest absolute Gasteiger partial charge is 0.481 e. The van der Waals surface area contributed by atoms with Gasteiger partial charge in [0.1, 0.15) is 6.10 Å². The van der Waals surface area contributed by atoms with Gasteiger partial charge in [0.15, 0.2) is 5.78 Å². The van der Waals surface area contributed by atoms with Crippen molar-refractivity contribution in [2.24, 2.45) is 5.92 Å². The van der Waals surface area contributed by atoms with Crippen LogP contribution in [-0.4, -0.2) is 24.0 Å². The van der Waals surface area contributed by atoms with E-state index in [1.54, 1.807) is 21.0 Å². The molecule has 0 aliphatic carbocycles. The van der Waals surface area contributed by atoms with Crippen molar-refractivity contribution in [3.8, 4) is 0 Å². The van der Waals surface area contributed by atoms with Crippen molar-refractivity contribution < 1.29 is 19.4 Å². The van der Waals surface area contributed by atoms with E-state index < -0.39 is 12.1 Å². The molecule has 0 heterocycles. The lowest BCUT2D eigenvalue weighted by atomic mass is 10.0. The zero-order valence-electron chi connectivity index (χ0n) is 11.9. The summed E-state index contributed by atoms with van der Waals surface area (Å²) in [6, 6.07) is 9.55. The second kappa shape index (κ2) is 9.28. The number of aliphatic carboxylic acids is 1. The van der Waals surface area contributed by atoms with Crippen molar-refractivity contribution >= 4 is 11.8 Å². The quantitative estimate of drug-likeness (QED) is 0.889. The van der Waals surface area contributed by atoms with Crippen molar-refractivity contribution in [1.82, 2.24) is 0 Å². The molecule has 0 spiro atoms. The van der Waals surface area contributed by atoms with Crippen molar-refractivity contribution in [2.45, 2.75) is 33.3 Å². The van der Waals surface area contributed by atoms with Gasteiger partial charge in [0.05, 0.1) is 5.92 Å². The van der Waals surface area contributed by atoms with Gasteiger partial charge in [-0.2, -0.15) is 0 Å². The maximum Gasteiger partial charge on any atom is 0.305 e. The number of Topliss-reactive ketones (excluding diaryl/α,β-unsaturated/α-hetero) is 1. The predicted molar refractivity (Wildman–Crippen MR) is 74.0 cm³/mol. The summed E-state index contributed by atoms with van der Waals surface area (Å²) in [7, 11) is 1.56. The predicted octanol–water partition coefficient (Wildman–Crippen LogP) is 3.08. The van der Waals surface area contributed by atoms with Gasteiger partial charge in [-0.25, -0.2) is 0 Å². The molecule has 1 aromatic rings. The van der Waals surface area contributed by atoms with Crippen LogP contribution in [0.1, 0.15) is 38.9 Å². The molecule has 1 rings (SSSR count). The van der Waals surface area contributed by atoms with E-state index in [1.807, 2.05) is 37.3 Å². The molecular formula is C15H22O4. The minimum Gasteiger partial charge on any atom is -0.481 e. The van der Waals surface area contributed by atoms with Crippen molar-refractivity contribution in [1.29, 1.82) is 0 Å². The maximum absolute atomic E-state index is 11.4. The molecule has 0 saturated carbocycles. The number of hydrogen-bond acceptors (Lipinski definition) is 3. The Morgan fingerprint density at radius 3 is 2.00 bits per heavy atom. The Kier molecular flexibility index (Phi) is 8.46. The summed E-state index contributed by atoms with van der Waals surface area (Å²) in [5.74, 6) is -0.853. The molecule has 0 amide bonds. The molecule has 0 aromatic heterocycles. The lowest BCUT2D eigenvalue weighted by Crippen LogP contribution is -2.13. The Hall–Kier alpha value is -1.68. The van der Waals surface area contributed by atoms with E-state index in [-0.39, 0.29) is 11.7 Å². The van der Waals surface area contributed by atoms with E-state index in [2.05, 4.69) is 0 Å². The highest BCUT2D eigenvalue weighted by atomic mass is 16.5. The van der Waals surface area contributed by atoms with E-state index >= 15 is 0 Å². The lowest BCUT2D eigenvalue weighted by Gasteiger charge is -2.12. The molecule has 4 nitrogen and oxygen atoms in total. The lowest BCUT2D eigenvalue weighted by molar-refractivity contribution is -0.140. The fraction of sp³-hybridized carbons (Fsp3) is 0.467. The molecule has 106 valence electrons. The fourth-order valence-electron chi connectivity index (χ4n) is 1.27. The van der Waals surface area contributed by atoms with E-state index in [0.717, 1.165) is 5.56 Å². The third-order valence-corrected chi connectivity index (χ3v) is 2.47. The maximum atomic E-state index is 11.4. The number of carboxylic acid groups (broad SMARTS) is 1. The smallest absolute Gasteiger partial charge is 0.305 e. The Balaban J connectivity index is 0.000000459. The highest BCUT2D eigenvalue weighted by Gasteiger charge is 2.16. The van der Waals surface area contributed by atoms with Crippen LogP contribution >= 0.6 is 0 Å². The number of methoxy groups -OCH3 is 1. The first-order chi connectivity index (χ1) is 8.93. The number of rotatable bonds is 5. The Morgan fingerprint density at radius 2 is 1.68 bits per heavy atom. The van der Waals surface area contributed by atoms with Gasteiger partial charge in [-0.15, -0.1) is 0 Å². The van der Waals surface area contributed by atoms with Crippen molar-refractivity contribution in [3.05, 3.63) is 35.9 Å². The third-order valence-electron chi connectivity index (χ3n) is 2.47. The Labute approximate surface area is 114 Å². The van der Waals surface area contributed by atoms with E-state index in [4.69, 9.17) is 9.84 Å². The number of benzene rings is 1. The summed E-state index contributed by atoms with van der Waals surface area (Å²) >= 11 is 0. The summed E-state index contributed by atoms with van der Waals surface area (Å²) in [6.07, 6.45) is 0.110. The molecule has 4 heteroatoms. The molecule has 0 saturated heterocycles. The van der Waals surface area contributed by atoms with Gasteiger partial charge in [0.25, 0.3) is 0 Å². The van der Waals surface area contributed by atoms with Crippen LogP contribution < -0.4 is 0 Å². The molecule has 1 atom stereocenters. The van der Waals surface area contributed by atoms with Crippen LogP contribution in [0.25, 0.3) is 0 Å². The minimum absolute atomic E-state index is 0.119. The summed E-state index contributed by atoms with van der Waals surface area (Å²) in [6.45, 7) is 5.13. The van der Waals surface area contributed by atoms with Crippen LogP contribution in [0.5, 0.6) is 0 Å². The molecule has 0 aliphatic heterocycles. The van der Waals surface area contributed by atoms with Gasteiger partial charge in [-0.3, -0.25) is 9.59 Å². The number of carbonyl (C=O) groups excluding carboxylic acids is 1. The minimum atomic E-state index is -0.741. The van der Waals surface area contributed by atoms with Gasteiger partial charge in [0, 0.05) is 13.5 Å². The van der Waals surface area contributed by atoms with Gasteiger partial charge >= 0.3 is 5.97 Å². The van der Waals surface area contributed by atoms with Crippen LogP contribution in [0.4, 0.5) is 0 Å². The zero-order chi connectivity index (χ0) is 14.8. The van der Waals surface area contributed by atoms with Gasteiger partial charge < -0.3 is 9.84 Å². The molecular weight excluding hydrogens is 244 g/mol. The third kappa shape index (κ3) is 6.72. The highest BCUT2D eigenvalue weighted by Crippen LogP contribution is 2.18. The normalized spacial score (nSPS) is 11.4. The average molecular weight is 266 g/mol. The molecule has 0 aliphatic rings. The van der Waals surface area contributed by atoms with Crippen molar-refractivity contribution in [3.63, 3.8) is 0 Å². The number of ether oxygens (including phenoxy) is 1. The number of hydrogen-bond donors (Lipinski definition) is 1. The number of carbonyl (C=O) groups is 2. The van der Waals surface area contributed by atoms with Crippen LogP contribution in [0.3, 0.4) is 0 Å². The van der Waals surface area contributed by atoms with E-state index in [0.29, 0.717) is 6.42 Å². The first kappa shape index (κ1) is 17.3. The molecule has 1 aromatic carbocycles. The fourth-order valence-corrected chi connectivity index (χ4v) is 1.27. The zero-order valence-corrected chi connectivity index (χ0v) is 11.9. The molecule has 1 N–H and O–H groups in total. The first-order valence-corrected chi connectivity index (χ1v) is 6.27. The molecule has 1 unspecified atom stereocenters. The average Bonchev–Trinajstić information content (AvgIpc) is 2.41. The van der Waals surface area contributed by atoms with Gasteiger partial charge in [0.2, 0.25) is 0 Å². The molecule has 0 bridgehead atoms.